The molecule has 1 aliphatic carbocycles. The number of hydrogen-bond acceptors (Lipinski definition) is 1. The summed E-state index contributed by atoms with van der Waals surface area (Å²) >= 11 is 0. The van der Waals surface area contributed by atoms with Gasteiger partial charge in [0.05, 0.1) is 5.41 Å². The Kier molecular flexibility index (Phi) is 10.1. The highest BCUT2D eigenvalue weighted by molar-refractivity contribution is 6.22. The highest BCUT2D eigenvalue weighted by Crippen LogP contribution is 2.57. The fourth-order valence-corrected chi connectivity index (χ4v) is 11.4. The first-order chi connectivity index (χ1) is 34.7. The number of anilines is 3. The van der Waals surface area contributed by atoms with Crippen molar-refractivity contribution in [1.82, 2.24) is 0 Å². The molecule has 1 aliphatic rings. The summed E-state index contributed by atoms with van der Waals surface area (Å²) in [6, 6.07) is 105. The van der Waals surface area contributed by atoms with Crippen molar-refractivity contribution in [2.45, 2.75) is 5.41 Å². The SMILES string of the molecule is c1ccc(-c2ccc(-c3ccc(N(c4ccc5c(c4)C(c4ccccc4)(c4ccccc4)c4ccccc4-5)c4ccc5c(c4)c(-c4ccccc4)c(-c4ccccc4)c4ccccc45)cc3)cc2)cc1. The van der Waals surface area contributed by atoms with E-state index in [-0.39, 0.29) is 0 Å². The molecule has 12 aromatic carbocycles. The van der Waals surface area contributed by atoms with Gasteiger partial charge < -0.3 is 4.90 Å². The van der Waals surface area contributed by atoms with Crippen molar-refractivity contribution in [3.8, 4) is 55.6 Å². The van der Waals surface area contributed by atoms with E-state index < -0.39 is 5.41 Å². The third-order valence-corrected chi connectivity index (χ3v) is 14.5. The van der Waals surface area contributed by atoms with Gasteiger partial charge in [0, 0.05) is 17.1 Å². The van der Waals surface area contributed by atoms with Crippen LogP contribution >= 0.6 is 0 Å². The van der Waals surface area contributed by atoms with Crippen LogP contribution in [0.25, 0.3) is 77.2 Å². The summed E-state index contributed by atoms with van der Waals surface area (Å²) in [5.41, 5.74) is 19.9. The maximum absolute atomic E-state index is 2.48. The summed E-state index contributed by atoms with van der Waals surface area (Å²) in [5, 5.41) is 4.91. The summed E-state index contributed by atoms with van der Waals surface area (Å²) in [4.78, 5) is 2.47. The Labute approximate surface area is 409 Å². The van der Waals surface area contributed by atoms with Gasteiger partial charge in [-0.05, 0) is 136 Å². The van der Waals surface area contributed by atoms with Gasteiger partial charge in [-0.2, -0.15) is 0 Å². The van der Waals surface area contributed by atoms with Crippen LogP contribution in [0.1, 0.15) is 22.3 Å². The minimum atomic E-state index is -0.542. The molecule has 0 radical (unpaired) electrons. The summed E-state index contributed by atoms with van der Waals surface area (Å²) < 4.78 is 0. The number of fused-ring (bicyclic) bond motifs is 6. The third-order valence-electron chi connectivity index (χ3n) is 14.5. The van der Waals surface area contributed by atoms with Gasteiger partial charge in [-0.3, -0.25) is 0 Å². The van der Waals surface area contributed by atoms with Crippen molar-refractivity contribution in [1.29, 1.82) is 0 Å². The smallest absolute Gasteiger partial charge is 0.0714 e. The molecule has 0 unspecified atom stereocenters. The number of benzene rings is 12. The highest BCUT2D eigenvalue weighted by Gasteiger charge is 2.46. The van der Waals surface area contributed by atoms with Crippen LogP contribution < -0.4 is 4.90 Å². The number of rotatable bonds is 9. The fourth-order valence-electron chi connectivity index (χ4n) is 11.4. The van der Waals surface area contributed by atoms with Gasteiger partial charge in [0.1, 0.15) is 0 Å². The Hall–Kier alpha value is -9.04. The quantitative estimate of drug-likeness (QED) is 0.131. The average Bonchev–Trinajstić information content (AvgIpc) is 3.74. The lowest BCUT2D eigenvalue weighted by molar-refractivity contribution is 0.768. The van der Waals surface area contributed by atoms with Crippen molar-refractivity contribution in [2.24, 2.45) is 0 Å². The van der Waals surface area contributed by atoms with E-state index in [0.29, 0.717) is 0 Å². The molecule has 0 atom stereocenters. The molecular formula is C69H47N. The van der Waals surface area contributed by atoms with Gasteiger partial charge in [-0.15, -0.1) is 0 Å². The topological polar surface area (TPSA) is 3.24 Å². The molecule has 328 valence electrons. The lowest BCUT2D eigenvalue weighted by Crippen LogP contribution is -2.28. The molecule has 0 N–H and O–H groups in total. The normalized spacial score (nSPS) is 12.4. The highest BCUT2D eigenvalue weighted by atomic mass is 15.1. The minimum absolute atomic E-state index is 0.542. The van der Waals surface area contributed by atoms with E-state index in [1.807, 2.05) is 0 Å². The van der Waals surface area contributed by atoms with Crippen LogP contribution in [0.5, 0.6) is 0 Å². The molecular weight excluding hydrogens is 843 g/mol. The lowest BCUT2D eigenvalue weighted by atomic mass is 9.67. The molecule has 0 heterocycles. The van der Waals surface area contributed by atoms with Gasteiger partial charge in [0.15, 0.2) is 0 Å². The molecule has 0 aromatic heterocycles. The molecule has 1 nitrogen and oxygen atoms in total. The Morgan fingerprint density at radius 3 is 1.20 bits per heavy atom. The summed E-state index contributed by atoms with van der Waals surface area (Å²) in [6.45, 7) is 0. The monoisotopic (exact) mass is 889 g/mol. The molecule has 0 spiro atoms. The van der Waals surface area contributed by atoms with E-state index >= 15 is 0 Å². The Morgan fingerprint density at radius 1 is 0.229 bits per heavy atom. The molecule has 0 bridgehead atoms. The van der Waals surface area contributed by atoms with E-state index in [1.165, 1.54) is 99.4 Å². The molecule has 1 heteroatoms. The zero-order chi connectivity index (χ0) is 46.4. The lowest BCUT2D eigenvalue weighted by Gasteiger charge is -2.35. The molecule has 12 aromatic rings. The van der Waals surface area contributed by atoms with Crippen molar-refractivity contribution in [2.75, 3.05) is 4.90 Å². The Balaban J connectivity index is 1.06. The second-order valence-electron chi connectivity index (χ2n) is 18.3. The number of hydrogen-bond donors (Lipinski definition) is 0. The van der Waals surface area contributed by atoms with Crippen molar-refractivity contribution in [3.05, 3.63) is 307 Å². The van der Waals surface area contributed by atoms with Crippen LogP contribution in [0, 0.1) is 0 Å². The summed E-state index contributed by atoms with van der Waals surface area (Å²) in [7, 11) is 0. The van der Waals surface area contributed by atoms with Gasteiger partial charge in [-0.25, -0.2) is 0 Å². The molecule has 0 aliphatic heterocycles. The van der Waals surface area contributed by atoms with Crippen LogP contribution in [0.2, 0.25) is 0 Å². The van der Waals surface area contributed by atoms with Crippen LogP contribution in [0.4, 0.5) is 17.1 Å². The zero-order valence-corrected chi connectivity index (χ0v) is 38.6. The van der Waals surface area contributed by atoms with E-state index in [0.717, 1.165) is 17.1 Å². The van der Waals surface area contributed by atoms with Crippen LogP contribution in [0.3, 0.4) is 0 Å². The Morgan fingerprint density at radius 2 is 0.614 bits per heavy atom. The minimum Gasteiger partial charge on any atom is -0.310 e. The third kappa shape index (κ3) is 6.78. The van der Waals surface area contributed by atoms with Gasteiger partial charge in [0.25, 0.3) is 0 Å². The first-order valence-electron chi connectivity index (χ1n) is 24.2. The van der Waals surface area contributed by atoms with Gasteiger partial charge in [-0.1, -0.05) is 249 Å². The molecule has 0 fully saturated rings. The molecule has 0 saturated carbocycles. The van der Waals surface area contributed by atoms with Gasteiger partial charge in [0.2, 0.25) is 0 Å². The summed E-state index contributed by atoms with van der Waals surface area (Å²) in [5.74, 6) is 0. The predicted octanol–water partition coefficient (Wildman–Crippen LogP) is 18.5. The summed E-state index contributed by atoms with van der Waals surface area (Å²) in [6.07, 6.45) is 0. The first kappa shape index (κ1) is 41.2. The van der Waals surface area contributed by atoms with Crippen molar-refractivity contribution >= 4 is 38.6 Å². The fraction of sp³-hybridized carbons (Fsp3) is 0.0145. The van der Waals surface area contributed by atoms with E-state index in [4.69, 9.17) is 0 Å². The largest absolute Gasteiger partial charge is 0.310 e. The maximum Gasteiger partial charge on any atom is 0.0714 e. The average molecular weight is 890 g/mol. The van der Waals surface area contributed by atoms with Crippen LogP contribution in [-0.4, -0.2) is 0 Å². The van der Waals surface area contributed by atoms with E-state index in [9.17, 15) is 0 Å². The van der Waals surface area contributed by atoms with Crippen LogP contribution in [0.15, 0.2) is 285 Å². The molecule has 70 heavy (non-hydrogen) atoms. The number of nitrogens with zero attached hydrogens (tertiary/aromatic N) is 1. The standard InChI is InChI=1S/C69H47N/c1-6-20-48(21-7-1)49-34-36-50(37-35-49)51-38-40-56(41-39-51)70(58-43-45-62-61-31-18-19-33-65(61)69(66(62)47-58,54-26-12-4-13-27-54)55-28-14-5-15-29-55)57-42-44-60-59-30-16-17-32-63(59)67(52-22-8-2-9-23-52)68(64(60)46-57)53-24-10-3-11-25-53/h1-47H. The first-order valence-corrected chi connectivity index (χ1v) is 24.2. The predicted molar refractivity (Wildman–Crippen MR) is 295 cm³/mol. The molecule has 0 saturated heterocycles. The second kappa shape index (κ2) is 17.2. The van der Waals surface area contributed by atoms with E-state index in [1.54, 1.807) is 0 Å². The maximum atomic E-state index is 2.48. The zero-order valence-electron chi connectivity index (χ0n) is 38.6. The van der Waals surface area contributed by atoms with E-state index in [2.05, 4.69) is 290 Å². The molecule has 13 rings (SSSR count). The van der Waals surface area contributed by atoms with Crippen molar-refractivity contribution < 1.29 is 0 Å². The second-order valence-corrected chi connectivity index (χ2v) is 18.3. The van der Waals surface area contributed by atoms with Gasteiger partial charge >= 0.3 is 0 Å². The van der Waals surface area contributed by atoms with Crippen molar-refractivity contribution in [3.63, 3.8) is 0 Å². The molecule has 0 amide bonds. The Bertz CT molecular complexity index is 3790. The van der Waals surface area contributed by atoms with Crippen LogP contribution in [-0.2, 0) is 5.41 Å².